The number of nitrogens with one attached hydrogen (secondary N) is 1. The summed E-state index contributed by atoms with van der Waals surface area (Å²) >= 11 is 1.33. The monoisotopic (exact) mass is 409 g/mol. The van der Waals surface area contributed by atoms with E-state index in [1.165, 1.54) is 30.0 Å². The van der Waals surface area contributed by atoms with E-state index in [1.807, 2.05) is 12.1 Å². The lowest BCUT2D eigenvalue weighted by Gasteiger charge is -2.12. The zero-order chi connectivity index (χ0) is 20.8. The topological polar surface area (TPSA) is 94.2 Å². The lowest BCUT2D eigenvalue weighted by atomic mass is 10.2. The summed E-state index contributed by atoms with van der Waals surface area (Å²) in [6.07, 6.45) is 1.73. The average Bonchev–Trinajstić information content (AvgIpc) is 2.71. The number of rotatable bonds is 7. The van der Waals surface area contributed by atoms with Crippen molar-refractivity contribution < 1.29 is 9.72 Å². The van der Waals surface area contributed by atoms with Crippen molar-refractivity contribution in [3.63, 3.8) is 0 Å². The van der Waals surface area contributed by atoms with E-state index < -0.39 is 4.92 Å². The van der Waals surface area contributed by atoms with Crippen LogP contribution in [0.15, 0.2) is 82.6 Å². The van der Waals surface area contributed by atoms with Gasteiger partial charge < -0.3 is 9.88 Å². The number of carbonyl (C=O) groups is 1. The highest BCUT2D eigenvalue weighted by atomic mass is 32.2. The van der Waals surface area contributed by atoms with Gasteiger partial charge in [-0.2, -0.15) is 0 Å². The maximum atomic E-state index is 12.4. The number of hydrogen-bond acceptors (Lipinski definition) is 5. The second-order valence-electron chi connectivity index (χ2n) is 6.36. The van der Waals surface area contributed by atoms with Crippen molar-refractivity contribution >= 4 is 29.0 Å². The fourth-order valence-corrected chi connectivity index (χ4v) is 3.50. The molecular formula is C21H19N3O4S. The van der Waals surface area contributed by atoms with E-state index in [-0.39, 0.29) is 22.4 Å². The molecular weight excluding hydrogens is 390 g/mol. The van der Waals surface area contributed by atoms with E-state index in [0.29, 0.717) is 12.2 Å². The summed E-state index contributed by atoms with van der Waals surface area (Å²) in [5.41, 5.74) is 1.56. The van der Waals surface area contributed by atoms with E-state index in [1.54, 1.807) is 54.1 Å². The molecule has 1 N–H and O–H groups in total. The molecule has 0 fully saturated rings. The zero-order valence-electron chi connectivity index (χ0n) is 15.6. The van der Waals surface area contributed by atoms with E-state index in [0.717, 1.165) is 10.5 Å². The number of non-ortho nitro benzene ring substituents is 1. The van der Waals surface area contributed by atoms with E-state index in [9.17, 15) is 19.7 Å². The third kappa shape index (κ3) is 5.55. The molecule has 0 radical (unpaired) electrons. The first-order valence-electron chi connectivity index (χ1n) is 8.89. The predicted molar refractivity (Wildman–Crippen MR) is 113 cm³/mol. The van der Waals surface area contributed by atoms with Gasteiger partial charge >= 0.3 is 0 Å². The van der Waals surface area contributed by atoms with Gasteiger partial charge in [0.05, 0.1) is 16.7 Å². The molecule has 0 aliphatic rings. The molecule has 0 saturated carbocycles. The molecule has 2 aromatic carbocycles. The zero-order valence-corrected chi connectivity index (χ0v) is 16.5. The first kappa shape index (κ1) is 20.3. The Morgan fingerprint density at radius 3 is 2.41 bits per heavy atom. The fraction of sp³-hybridized carbons (Fsp3) is 0.143. The Labute approximate surface area is 171 Å². The maximum Gasteiger partial charge on any atom is 0.269 e. The van der Waals surface area contributed by atoms with E-state index >= 15 is 0 Å². The number of aromatic nitrogens is 1. The van der Waals surface area contributed by atoms with Gasteiger partial charge in [0.25, 0.3) is 11.2 Å². The third-order valence-electron chi connectivity index (χ3n) is 4.20. The van der Waals surface area contributed by atoms with Gasteiger partial charge in [0.15, 0.2) is 0 Å². The van der Waals surface area contributed by atoms with Crippen LogP contribution in [0.2, 0.25) is 0 Å². The van der Waals surface area contributed by atoms with Crippen molar-refractivity contribution in [3.05, 3.63) is 99.0 Å². The van der Waals surface area contributed by atoms with Crippen LogP contribution in [0.4, 0.5) is 11.4 Å². The number of carbonyl (C=O) groups excluding carboxylic acids is 1. The number of amides is 1. The van der Waals surface area contributed by atoms with Gasteiger partial charge in [0.2, 0.25) is 5.91 Å². The first-order valence-corrected chi connectivity index (χ1v) is 9.77. The minimum absolute atomic E-state index is 0.0179. The van der Waals surface area contributed by atoms with Crippen LogP contribution in [0.5, 0.6) is 0 Å². The summed E-state index contributed by atoms with van der Waals surface area (Å²) in [5, 5.41) is 13.2. The summed E-state index contributed by atoms with van der Waals surface area (Å²) in [6, 6.07) is 18.4. The van der Waals surface area contributed by atoms with Crippen LogP contribution in [0.25, 0.3) is 0 Å². The summed E-state index contributed by atoms with van der Waals surface area (Å²) in [6.45, 7) is 2.23. The van der Waals surface area contributed by atoms with Crippen LogP contribution >= 0.6 is 11.8 Å². The molecule has 3 rings (SSSR count). The molecule has 0 bridgehead atoms. The molecule has 1 heterocycles. The molecule has 29 heavy (non-hydrogen) atoms. The highest BCUT2D eigenvalue weighted by Gasteiger charge is 2.15. The van der Waals surface area contributed by atoms with Crippen LogP contribution < -0.4 is 10.9 Å². The van der Waals surface area contributed by atoms with E-state index in [2.05, 4.69) is 5.32 Å². The Balaban J connectivity index is 1.57. The molecule has 7 nitrogen and oxygen atoms in total. The van der Waals surface area contributed by atoms with Gasteiger partial charge in [0.1, 0.15) is 0 Å². The molecule has 0 saturated heterocycles. The van der Waals surface area contributed by atoms with Crippen molar-refractivity contribution in [3.8, 4) is 0 Å². The number of nitro benzene ring substituents is 1. The Hall–Kier alpha value is -3.39. The molecule has 0 aliphatic carbocycles. The number of thioether (sulfide) groups is 1. The molecule has 1 unspecified atom stereocenters. The average molecular weight is 409 g/mol. The van der Waals surface area contributed by atoms with Crippen LogP contribution in [0.3, 0.4) is 0 Å². The van der Waals surface area contributed by atoms with Gasteiger partial charge in [-0.3, -0.25) is 19.7 Å². The maximum absolute atomic E-state index is 12.4. The number of nitrogens with zero attached hydrogens (tertiary/aromatic N) is 2. The number of hydrogen-bond donors (Lipinski definition) is 1. The molecule has 3 aromatic rings. The minimum atomic E-state index is -0.456. The molecule has 8 heteroatoms. The van der Waals surface area contributed by atoms with Gasteiger partial charge in [-0.25, -0.2) is 0 Å². The third-order valence-corrected chi connectivity index (χ3v) is 5.31. The Kier molecular flexibility index (Phi) is 6.46. The lowest BCUT2D eigenvalue weighted by Crippen LogP contribution is -2.22. The molecule has 0 aliphatic heterocycles. The Morgan fingerprint density at radius 1 is 1.10 bits per heavy atom. The quantitative estimate of drug-likeness (QED) is 0.363. The standard InChI is InChI=1S/C21H19N3O4S/c1-15(29-19-11-9-18(10-12-19)24(27)28)21(26)22-17-7-5-16(6-8-17)14-23-13-3-2-4-20(23)25/h2-13,15H,14H2,1H3,(H,22,26). The van der Waals surface area contributed by atoms with Crippen LogP contribution in [-0.2, 0) is 11.3 Å². The normalized spacial score (nSPS) is 11.6. The van der Waals surface area contributed by atoms with Gasteiger partial charge in [0, 0.05) is 35.0 Å². The van der Waals surface area contributed by atoms with Crippen molar-refractivity contribution in [2.45, 2.75) is 23.6 Å². The lowest BCUT2D eigenvalue weighted by molar-refractivity contribution is -0.384. The second-order valence-corrected chi connectivity index (χ2v) is 7.78. The highest BCUT2D eigenvalue weighted by molar-refractivity contribution is 8.00. The molecule has 1 amide bonds. The first-order chi connectivity index (χ1) is 13.9. The Morgan fingerprint density at radius 2 is 1.79 bits per heavy atom. The molecule has 1 atom stereocenters. The predicted octanol–water partition coefficient (Wildman–Crippen LogP) is 3.92. The second kappa shape index (κ2) is 9.20. The Bertz CT molecular complexity index is 1060. The van der Waals surface area contributed by atoms with Crippen LogP contribution in [-0.4, -0.2) is 20.6 Å². The SMILES string of the molecule is CC(Sc1ccc([N+](=O)[O-])cc1)C(=O)Nc1ccc(Cn2ccccc2=O)cc1. The summed E-state index contributed by atoms with van der Waals surface area (Å²) in [4.78, 5) is 35.2. The molecule has 148 valence electrons. The number of anilines is 1. The summed E-state index contributed by atoms with van der Waals surface area (Å²) in [5.74, 6) is -0.166. The van der Waals surface area contributed by atoms with Gasteiger partial charge in [-0.1, -0.05) is 18.2 Å². The smallest absolute Gasteiger partial charge is 0.269 e. The van der Waals surface area contributed by atoms with Gasteiger partial charge in [-0.15, -0.1) is 11.8 Å². The minimum Gasteiger partial charge on any atom is -0.325 e. The summed E-state index contributed by atoms with van der Waals surface area (Å²) in [7, 11) is 0. The van der Waals surface area contributed by atoms with E-state index in [4.69, 9.17) is 0 Å². The highest BCUT2D eigenvalue weighted by Crippen LogP contribution is 2.26. The van der Waals surface area contributed by atoms with Crippen molar-refractivity contribution in [1.82, 2.24) is 4.57 Å². The number of pyridine rings is 1. The van der Waals surface area contributed by atoms with Crippen molar-refractivity contribution in [2.24, 2.45) is 0 Å². The summed E-state index contributed by atoms with van der Waals surface area (Å²) < 4.78 is 1.61. The molecule has 0 spiro atoms. The van der Waals surface area contributed by atoms with Gasteiger partial charge in [-0.05, 0) is 42.8 Å². The number of benzene rings is 2. The van der Waals surface area contributed by atoms with Crippen LogP contribution in [0, 0.1) is 10.1 Å². The number of nitro groups is 1. The van der Waals surface area contributed by atoms with Crippen molar-refractivity contribution in [1.29, 1.82) is 0 Å². The van der Waals surface area contributed by atoms with Crippen molar-refractivity contribution in [2.75, 3.05) is 5.32 Å². The largest absolute Gasteiger partial charge is 0.325 e. The molecule has 1 aromatic heterocycles. The van der Waals surface area contributed by atoms with Crippen LogP contribution in [0.1, 0.15) is 12.5 Å². The fourth-order valence-electron chi connectivity index (χ4n) is 2.63.